The number of carbonyl (C=O) groups is 1. The maximum atomic E-state index is 13.1. The SMILES string of the molecule is CC(=O)OC1SC(CO)C(O)C1F. The van der Waals surface area contributed by atoms with Crippen LogP contribution < -0.4 is 0 Å². The van der Waals surface area contributed by atoms with Crippen molar-refractivity contribution < 1.29 is 24.1 Å². The minimum atomic E-state index is -1.62. The first-order valence-electron chi connectivity index (χ1n) is 3.82. The van der Waals surface area contributed by atoms with Crippen LogP contribution in [0.4, 0.5) is 4.39 Å². The quantitative estimate of drug-likeness (QED) is 0.611. The van der Waals surface area contributed by atoms with Crippen molar-refractivity contribution in [3.05, 3.63) is 0 Å². The Hall–Kier alpha value is -0.330. The molecule has 0 radical (unpaired) electrons. The molecule has 1 aliphatic rings. The van der Waals surface area contributed by atoms with Crippen LogP contribution >= 0.6 is 11.8 Å². The van der Waals surface area contributed by atoms with Crippen LogP contribution in [0.1, 0.15) is 6.92 Å². The number of hydrogen-bond donors (Lipinski definition) is 2. The summed E-state index contributed by atoms with van der Waals surface area (Å²) in [5.41, 5.74) is -0.996. The van der Waals surface area contributed by atoms with Gasteiger partial charge in [0.25, 0.3) is 0 Å². The molecule has 4 atom stereocenters. The monoisotopic (exact) mass is 210 g/mol. The van der Waals surface area contributed by atoms with Crippen LogP contribution in [0.5, 0.6) is 0 Å². The Morgan fingerprint density at radius 1 is 1.69 bits per heavy atom. The molecule has 2 N–H and O–H groups in total. The smallest absolute Gasteiger partial charge is 0.303 e. The van der Waals surface area contributed by atoms with Gasteiger partial charge in [0, 0.05) is 6.92 Å². The molecule has 76 valence electrons. The van der Waals surface area contributed by atoms with E-state index in [-0.39, 0.29) is 6.61 Å². The first kappa shape index (κ1) is 10.7. The van der Waals surface area contributed by atoms with Crippen LogP contribution in [0.25, 0.3) is 0 Å². The van der Waals surface area contributed by atoms with E-state index >= 15 is 0 Å². The zero-order valence-electron chi connectivity index (χ0n) is 7.01. The summed E-state index contributed by atoms with van der Waals surface area (Å²) in [6, 6.07) is 0. The van der Waals surface area contributed by atoms with Gasteiger partial charge in [0.05, 0.1) is 11.9 Å². The molecule has 1 aliphatic heterocycles. The summed E-state index contributed by atoms with van der Waals surface area (Å²) in [6.07, 6.45) is -2.88. The van der Waals surface area contributed by atoms with Crippen LogP contribution in [0.2, 0.25) is 0 Å². The second-order valence-corrected chi connectivity index (χ2v) is 4.11. The number of rotatable bonds is 2. The largest absolute Gasteiger partial charge is 0.448 e. The number of aliphatic hydroxyl groups excluding tert-OH is 2. The molecule has 13 heavy (non-hydrogen) atoms. The van der Waals surface area contributed by atoms with Crippen molar-refractivity contribution in [2.24, 2.45) is 0 Å². The highest BCUT2D eigenvalue weighted by atomic mass is 32.2. The van der Waals surface area contributed by atoms with Crippen molar-refractivity contribution in [1.29, 1.82) is 0 Å². The number of aliphatic hydroxyl groups is 2. The zero-order valence-corrected chi connectivity index (χ0v) is 7.83. The van der Waals surface area contributed by atoms with Gasteiger partial charge in [-0.05, 0) is 0 Å². The summed E-state index contributed by atoms with van der Waals surface area (Å²) in [7, 11) is 0. The van der Waals surface area contributed by atoms with Crippen LogP contribution in [-0.2, 0) is 9.53 Å². The molecule has 1 heterocycles. The maximum absolute atomic E-state index is 13.1. The Bertz CT molecular complexity index is 201. The van der Waals surface area contributed by atoms with Crippen molar-refractivity contribution in [3.63, 3.8) is 0 Å². The minimum Gasteiger partial charge on any atom is -0.448 e. The molecule has 0 aliphatic carbocycles. The molecule has 1 saturated heterocycles. The molecule has 6 heteroatoms. The fraction of sp³-hybridized carbons (Fsp3) is 0.857. The first-order valence-corrected chi connectivity index (χ1v) is 4.76. The van der Waals surface area contributed by atoms with Crippen molar-refractivity contribution in [2.75, 3.05) is 6.61 Å². The van der Waals surface area contributed by atoms with Crippen LogP contribution in [0.15, 0.2) is 0 Å². The van der Waals surface area contributed by atoms with Gasteiger partial charge in [-0.15, -0.1) is 11.8 Å². The van der Waals surface area contributed by atoms with E-state index in [1.165, 1.54) is 6.92 Å². The van der Waals surface area contributed by atoms with Crippen LogP contribution in [0.3, 0.4) is 0 Å². The molecule has 0 aromatic rings. The van der Waals surface area contributed by atoms with E-state index in [9.17, 15) is 14.3 Å². The second-order valence-electron chi connectivity index (χ2n) is 2.77. The standard InChI is InChI=1S/C7H11FO4S/c1-3(10)12-7-5(8)6(11)4(2-9)13-7/h4-7,9,11H,2H2,1H3. The predicted molar refractivity (Wildman–Crippen MR) is 44.9 cm³/mol. The van der Waals surface area contributed by atoms with Gasteiger partial charge in [0.15, 0.2) is 11.6 Å². The number of alkyl halides is 1. The molecule has 0 bridgehead atoms. The van der Waals surface area contributed by atoms with Crippen molar-refractivity contribution in [1.82, 2.24) is 0 Å². The summed E-state index contributed by atoms with van der Waals surface area (Å²) in [5.74, 6) is -0.592. The lowest BCUT2D eigenvalue weighted by atomic mass is 10.2. The Labute approximate surface area is 79.1 Å². The average Bonchev–Trinajstić information content (AvgIpc) is 2.32. The molecular formula is C7H11FO4S. The highest BCUT2D eigenvalue weighted by molar-refractivity contribution is 8.00. The van der Waals surface area contributed by atoms with Gasteiger partial charge in [-0.2, -0.15) is 0 Å². The number of halogens is 1. The zero-order chi connectivity index (χ0) is 10.0. The lowest BCUT2D eigenvalue weighted by Crippen LogP contribution is -2.31. The van der Waals surface area contributed by atoms with E-state index in [1.54, 1.807) is 0 Å². The van der Waals surface area contributed by atoms with Crippen molar-refractivity contribution in [3.8, 4) is 0 Å². The minimum absolute atomic E-state index is 0.329. The van der Waals surface area contributed by atoms with Crippen molar-refractivity contribution >= 4 is 17.7 Å². The fourth-order valence-corrected chi connectivity index (χ4v) is 2.35. The molecule has 0 aromatic carbocycles. The molecule has 0 saturated carbocycles. The maximum Gasteiger partial charge on any atom is 0.303 e. The topological polar surface area (TPSA) is 66.8 Å². The van der Waals surface area contributed by atoms with E-state index in [0.29, 0.717) is 0 Å². The molecular weight excluding hydrogens is 199 g/mol. The molecule has 4 unspecified atom stereocenters. The average molecular weight is 210 g/mol. The Kier molecular flexibility index (Phi) is 3.52. The summed E-state index contributed by atoms with van der Waals surface area (Å²) in [4.78, 5) is 10.5. The van der Waals surface area contributed by atoms with E-state index in [2.05, 4.69) is 4.74 Å². The lowest BCUT2D eigenvalue weighted by Gasteiger charge is -2.12. The third-order valence-electron chi connectivity index (χ3n) is 1.74. The van der Waals surface area contributed by atoms with Gasteiger partial charge in [-0.25, -0.2) is 4.39 Å². The number of ether oxygens (including phenoxy) is 1. The third kappa shape index (κ3) is 2.32. The van der Waals surface area contributed by atoms with E-state index in [4.69, 9.17) is 5.11 Å². The van der Waals surface area contributed by atoms with Crippen LogP contribution in [-0.4, -0.2) is 45.8 Å². The predicted octanol–water partition coefficient (Wildman–Crippen LogP) is -0.318. The Morgan fingerprint density at radius 3 is 2.69 bits per heavy atom. The molecule has 0 amide bonds. The highest BCUT2D eigenvalue weighted by Gasteiger charge is 2.45. The number of carbonyl (C=O) groups excluding carboxylic acids is 1. The van der Waals surface area contributed by atoms with E-state index in [0.717, 1.165) is 11.8 Å². The van der Waals surface area contributed by atoms with Gasteiger partial charge in [-0.1, -0.05) is 0 Å². The number of thioether (sulfide) groups is 1. The number of esters is 1. The van der Waals surface area contributed by atoms with Gasteiger partial charge >= 0.3 is 5.97 Å². The summed E-state index contributed by atoms with van der Waals surface area (Å²) in [6.45, 7) is 0.843. The first-order chi connectivity index (χ1) is 6.06. The van der Waals surface area contributed by atoms with E-state index < -0.39 is 28.9 Å². The van der Waals surface area contributed by atoms with Crippen LogP contribution in [0, 0.1) is 0 Å². The van der Waals surface area contributed by atoms with Crippen molar-refractivity contribution in [2.45, 2.75) is 29.9 Å². The summed E-state index contributed by atoms with van der Waals surface area (Å²) in [5, 5.41) is 17.3. The fourth-order valence-electron chi connectivity index (χ4n) is 1.10. The summed E-state index contributed by atoms with van der Waals surface area (Å²) >= 11 is 0.937. The third-order valence-corrected chi connectivity index (χ3v) is 3.14. The van der Waals surface area contributed by atoms with Gasteiger partial charge in [0.2, 0.25) is 0 Å². The normalized spacial score (nSPS) is 39.1. The van der Waals surface area contributed by atoms with E-state index in [1.807, 2.05) is 0 Å². The molecule has 4 nitrogen and oxygen atoms in total. The lowest BCUT2D eigenvalue weighted by molar-refractivity contribution is -0.145. The molecule has 0 spiro atoms. The molecule has 0 aromatic heterocycles. The summed E-state index contributed by atoms with van der Waals surface area (Å²) < 4.78 is 17.7. The van der Waals surface area contributed by atoms with Gasteiger partial charge in [0.1, 0.15) is 6.10 Å². The van der Waals surface area contributed by atoms with Gasteiger partial charge in [-0.3, -0.25) is 4.79 Å². The highest BCUT2D eigenvalue weighted by Crippen LogP contribution is 2.36. The Morgan fingerprint density at radius 2 is 2.31 bits per heavy atom. The molecule has 1 rings (SSSR count). The second kappa shape index (κ2) is 4.26. The molecule has 1 fully saturated rings. The van der Waals surface area contributed by atoms with Gasteiger partial charge < -0.3 is 14.9 Å². The Balaban J connectivity index is 2.55. The number of hydrogen-bond acceptors (Lipinski definition) is 5.